The van der Waals surface area contributed by atoms with Crippen LogP contribution in [0.5, 0.6) is 0 Å². The highest BCUT2D eigenvalue weighted by Gasteiger charge is 2.05. The van der Waals surface area contributed by atoms with Gasteiger partial charge in [-0.25, -0.2) is 0 Å². The molecule has 0 fully saturated rings. The van der Waals surface area contributed by atoms with Crippen molar-refractivity contribution in [1.82, 2.24) is 5.32 Å². The fourth-order valence-corrected chi connectivity index (χ4v) is 1.82. The van der Waals surface area contributed by atoms with Crippen molar-refractivity contribution in [3.05, 3.63) is 34.3 Å². The van der Waals surface area contributed by atoms with Crippen molar-refractivity contribution in [2.45, 2.75) is 32.4 Å². The highest BCUT2D eigenvalue weighted by molar-refractivity contribution is 9.10. The van der Waals surface area contributed by atoms with Gasteiger partial charge >= 0.3 is 0 Å². The normalized spacial score (nSPS) is 14.9. The van der Waals surface area contributed by atoms with Gasteiger partial charge in [-0.2, -0.15) is 0 Å². The molecule has 0 saturated heterocycles. The Bertz CT molecular complexity index is 301. The number of nitrogens with one attached hydrogen (secondary N) is 1. The molecule has 0 saturated carbocycles. The lowest BCUT2D eigenvalue weighted by Crippen LogP contribution is -2.22. The summed E-state index contributed by atoms with van der Waals surface area (Å²) in [6.07, 6.45) is 0.561. The van der Waals surface area contributed by atoms with Crippen LogP contribution < -0.4 is 5.32 Å². The fourth-order valence-electron chi connectivity index (χ4n) is 1.40. The first-order valence-electron chi connectivity index (χ1n) is 5.26. The van der Waals surface area contributed by atoms with Crippen molar-refractivity contribution in [2.75, 3.05) is 6.54 Å². The van der Waals surface area contributed by atoms with Crippen molar-refractivity contribution in [3.8, 4) is 0 Å². The van der Waals surface area contributed by atoms with Gasteiger partial charge in [0.15, 0.2) is 0 Å². The van der Waals surface area contributed by atoms with Crippen LogP contribution in [0.3, 0.4) is 0 Å². The number of halogens is 1. The largest absolute Gasteiger partial charge is 0.393 e. The number of aliphatic hydroxyl groups is 1. The molecule has 0 aromatic heterocycles. The first-order valence-corrected chi connectivity index (χ1v) is 6.06. The van der Waals surface area contributed by atoms with E-state index in [1.807, 2.05) is 19.1 Å². The van der Waals surface area contributed by atoms with Crippen molar-refractivity contribution in [3.63, 3.8) is 0 Å². The van der Waals surface area contributed by atoms with Crippen LogP contribution in [0, 0.1) is 0 Å². The standard InChI is InChI=1S/C12H18BrNO/c1-9(15)6-7-14-10(2)11-4-3-5-12(13)8-11/h3-5,8-10,14-15H,6-7H2,1-2H3/t9-,10-/m1/s1. The van der Waals surface area contributed by atoms with Gasteiger partial charge < -0.3 is 10.4 Å². The van der Waals surface area contributed by atoms with Crippen LogP contribution in [0.2, 0.25) is 0 Å². The van der Waals surface area contributed by atoms with Crippen LogP contribution in [0.1, 0.15) is 31.9 Å². The molecule has 0 unspecified atom stereocenters. The summed E-state index contributed by atoms with van der Waals surface area (Å²) in [6.45, 7) is 4.78. The monoisotopic (exact) mass is 271 g/mol. The van der Waals surface area contributed by atoms with E-state index in [0.29, 0.717) is 6.04 Å². The summed E-state index contributed by atoms with van der Waals surface area (Å²) in [4.78, 5) is 0. The van der Waals surface area contributed by atoms with E-state index in [-0.39, 0.29) is 6.10 Å². The van der Waals surface area contributed by atoms with E-state index >= 15 is 0 Å². The zero-order valence-corrected chi connectivity index (χ0v) is 10.8. The molecule has 1 aromatic rings. The Hall–Kier alpha value is -0.380. The van der Waals surface area contributed by atoms with Gasteiger partial charge in [0.1, 0.15) is 0 Å². The van der Waals surface area contributed by atoms with Gasteiger partial charge in [0, 0.05) is 10.5 Å². The number of rotatable bonds is 5. The summed E-state index contributed by atoms with van der Waals surface area (Å²) in [5.74, 6) is 0. The maximum atomic E-state index is 9.13. The average molecular weight is 272 g/mol. The second kappa shape index (κ2) is 6.26. The molecule has 3 heteroatoms. The average Bonchev–Trinajstić information content (AvgIpc) is 2.17. The predicted molar refractivity (Wildman–Crippen MR) is 66.9 cm³/mol. The number of hydrogen-bond donors (Lipinski definition) is 2. The zero-order valence-electron chi connectivity index (χ0n) is 9.20. The van der Waals surface area contributed by atoms with E-state index in [9.17, 15) is 0 Å². The van der Waals surface area contributed by atoms with Gasteiger partial charge in [-0.3, -0.25) is 0 Å². The maximum absolute atomic E-state index is 9.13. The van der Waals surface area contributed by atoms with E-state index in [4.69, 9.17) is 5.11 Å². The number of benzene rings is 1. The lowest BCUT2D eigenvalue weighted by Gasteiger charge is -2.15. The highest BCUT2D eigenvalue weighted by atomic mass is 79.9. The third-order valence-electron chi connectivity index (χ3n) is 2.36. The Balaban J connectivity index is 2.43. The van der Waals surface area contributed by atoms with Crippen molar-refractivity contribution < 1.29 is 5.11 Å². The molecule has 2 nitrogen and oxygen atoms in total. The summed E-state index contributed by atoms with van der Waals surface area (Å²) in [7, 11) is 0. The molecule has 0 aliphatic carbocycles. The van der Waals surface area contributed by atoms with Crippen molar-refractivity contribution in [2.24, 2.45) is 0 Å². The quantitative estimate of drug-likeness (QED) is 0.863. The van der Waals surface area contributed by atoms with Gasteiger partial charge in [-0.1, -0.05) is 28.1 Å². The van der Waals surface area contributed by atoms with E-state index < -0.39 is 0 Å². The fraction of sp³-hybridized carbons (Fsp3) is 0.500. The van der Waals surface area contributed by atoms with Gasteiger partial charge in [0.2, 0.25) is 0 Å². The van der Waals surface area contributed by atoms with Gasteiger partial charge in [0.25, 0.3) is 0 Å². The molecule has 0 radical (unpaired) electrons. The van der Waals surface area contributed by atoms with E-state index in [1.54, 1.807) is 0 Å². The van der Waals surface area contributed by atoms with Crippen LogP contribution in [-0.2, 0) is 0 Å². The van der Waals surface area contributed by atoms with E-state index in [0.717, 1.165) is 17.4 Å². The van der Waals surface area contributed by atoms with E-state index in [1.165, 1.54) is 5.56 Å². The summed E-state index contributed by atoms with van der Waals surface area (Å²) < 4.78 is 1.10. The first-order chi connectivity index (χ1) is 7.09. The second-order valence-electron chi connectivity index (χ2n) is 3.87. The Labute approximate surface area is 99.8 Å². The summed E-state index contributed by atoms with van der Waals surface area (Å²) >= 11 is 3.45. The lowest BCUT2D eigenvalue weighted by atomic mass is 10.1. The summed E-state index contributed by atoms with van der Waals surface area (Å²) in [6, 6.07) is 8.59. The smallest absolute Gasteiger partial charge is 0.0524 e. The minimum Gasteiger partial charge on any atom is -0.393 e. The Kier molecular flexibility index (Phi) is 5.29. The molecule has 0 bridgehead atoms. The number of aliphatic hydroxyl groups excluding tert-OH is 1. The van der Waals surface area contributed by atoms with Crippen LogP contribution in [-0.4, -0.2) is 17.8 Å². The Morgan fingerprint density at radius 1 is 1.40 bits per heavy atom. The molecule has 1 rings (SSSR count). The van der Waals surface area contributed by atoms with Crippen LogP contribution in [0.25, 0.3) is 0 Å². The molecule has 84 valence electrons. The van der Waals surface area contributed by atoms with Crippen molar-refractivity contribution in [1.29, 1.82) is 0 Å². The summed E-state index contributed by atoms with van der Waals surface area (Å²) in [5, 5.41) is 12.5. The maximum Gasteiger partial charge on any atom is 0.0524 e. The van der Waals surface area contributed by atoms with Crippen LogP contribution >= 0.6 is 15.9 Å². The molecular weight excluding hydrogens is 254 g/mol. The molecule has 1 aromatic carbocycles. The molecule has 2 atom stereocenters. The molecule has 0 aliphatic heterocycles. The van der Waals surface area contributed by atoms with Crippen LogP contribution in [0.4, 0.5) is 0 Å². The second-order valence-corrected chi connectivity index (χ2v) is 4.78. The minimum atomic E-state index is -0.229. The number of hydrogen-bond acceptors (Lipinski definition) is 2. The van der Waals surface area contributed by atoms with Crippen LogP contribution in [0.15, 0.2) is 28.7 Å². The molecule has 15 heavy (non-hydrogen) atoms. The summed E-state index contributed by atoms with van der Waals surface area (Å²) in [5.41, 5.74) is 1.26. The third-order valence-corrected chi connectivity index (χ3v) is 2.85. The Morgan fingerprint density at radius 3 is 2.73 bits per heavy atom. The third kappa shape index (κ3) is 4.78. The minimum absolute atomic E-state index is 0.229. The molecule has 0 aliphatic rings. The van der Waals surface area contributed by atoms with Gasteiger partial charge in [0.05, 0.1) is 6.10 Å². The molecule has 0 heterocycles. The Morgan fingerprint density at radius 2 is 2.13 bits per heavy atom. The predicted octanol–water partition coefficient (Wildman–Crippen LogP) is 2.87. The topological polar surface area (TPSA) is 32.3 Å². The van der Waals surface area contributed by atoms with Gasteiger partial charge in [-0.15, -0.1) is 0 Å². The lowest BCUT2D eigenvalue weighted by molar-refractivity contribution is 0.182. The molecular formula is C12H18BrNO. The molecule has 2 N–H and O–H groups in total. The highest BCUT2D eigenvalue weighted by Crippen LogP contribution is 2.17. The SMILES string of the molecule is C[C@@H](O)CCN[C@H](C)c1cccc(Br)c1. The molecule has 0 spiro atoms. The molecule has 0 amide bonds. The van der Waals surface area contributed by atoms with Crippen molar-refractivity contribution >= 4 is 15.9 Å². The van der Waals surface area contributed by atoms with Gasteiger partial charge in [-0.05, 0) is 44.5 Å². The first kappa shape index (κ1) is 12.7. The van der Waals surface area contributed by atoms with E-state index in [2.05, 4.69) is 40.3 Å². The zero-order chi connectivity index (χ0) is 11.3.